The summed E-state index contributed by atoms with van der Waals surface area (Å²) in [5, 5.41) is 9.26. The Balaban J connectivity index is 2.08. The average molecular weight is 256 g/mol. The molecule has 1 fully saturated rings. The van der Waals surface area contributed by atoms with Crippen LogP contribution in [-0.2, 0) is 4.74 Å². The third kappa shape index (κ3) is 3.06. The number of anilines is 1. The number of hydrogen-bond donors (Lipinski definition) is 2. The monoisotopic (exact) mass is 256 g/mol. The Morgan fingerprint density at radius 3 is 2.76 bits per heavy atom. The van der Waals surface area contributed by atoms with Gasteiger partial charge < -0.3 is 4.74 Å². The van der Waals surface area contributed by atoms with E-state index in [2.05, 4.69) is 15.5 Å². The van der Waals surface area contributed by atoms with E-state index in [1.807, 2.05) is 25.3 Å². The number of amides is 1. The van der Waals surface area contributed by atoms with Crippen molar-refractivity contribution in [2.45, 2.75) is 45.3 Å². The molecule has 1 aliphatic carbocycles. The van der Waals surface area contributed by atoms with Gasteiger partial charge in [0.1, 0.15) is 5.60 Å². The second kappa shape index (κ2) is 4.14. The molecule has 7 heteroatoms. The smallest absolute Gasteiger partial charge is 0.414 e. The molecule has 17 heavy (non-hydrogen) atoms. The van der Waals surface area contributed by atoms with E-state index in [-0.39, 0.29) is 0 Å². The molecular formula is C10H16N4O2S. The molecule has 0 atom stereocenters. The molecule has 1 aromatic rings. The van der Waals surface area contributed by atoms with Crippen LogP contribution >= 0.6 is 12.2 Å². The maximum atomic E-state index is 11.6. The number of aromatic nitrogens is 3. The van der Waals surface area contributed by atoms with E-state index in [4.69, 9.17) is 17.0 Å². The number of ether oxygens (including phenoxy) is 1. The highest BCUT2D eigenvalue weighted by atomic mass is 32.1. The Labute approximate surface area is 104 Å². The number of rotatable bonds is 2. The number of aromatic amines is 1. The highest BCUT2D eigenvalue weighted by Crippen LogP contribution is 2.36. The first-order valence-electron chi connectivity index (χ1n) is 5.54. The van der Waals surface area contributed by atoms with E-state index in [0.717, 1.165) is 12.8 Å². The fraction of sp³-hybridized carbons (Fsp3) is 0.700. The van der Waals surface area contributed by atoms with Crippen molar-refractivity contribution in [3.8, 4) is 0 Å². The fourth-order valence-electron chi connectivity index (χ4n) is 1.46. The Bertz CT molecular complexity index is 481. The standard InChI is InChI=1S/C10H16N4O2S/c1-10(2,3)16-9(15)11-7-12-13-8(17)14(7)6-4-5-6/h6H,4-5H2,1-3H3,(H,13,17)(H,11,12,15). The minimum Gasteiger partial charge on any atom is -0.444 e. The van der Waals surface area contributed by atoms with Crippen molar-refractivity contribution in [1.29, 1.82) is 0 Å². The molecule has 94 valence electrons. The summed E-state index contributed by atoms with van der Waals surface area (Å²) >= 11 is 5.10. The summed E-state index contributed by atoms with van der Waals surface area (Å²) in [6, 6.07) is 0.353. The van der Waals surface area contributed by atoms with Crippen molar-refractivity contribution in [2.75, 3.05) is 5.32 Å². The van der Waals surface area contributed by atoms with Gasteiger partial charge in [-0.3, -0.25) is 9.88 Å². The number of nitrogens with zero attached hydrogens (tertiary/aromatic N) is 2. The molecule has 0 aliphatic heterocycles. The first-order chi connectivity index (χ1) is 7.87. The zero-order valence-electron chi connectivity index (χ0n) is 10.1. The van der Waals surface area contributed by atoms with Crippen molar-refractivity contribution in [1.82, 2.24) is 14.8 Å². The second-order valence-electron chi connectivity index (χ2n) is 5.08. The van der Waals surface area contributed by atoms with Crippen molar-refractivity contribution in [3.63, 3.8) is 0 Å². The van der Waals surface area contributed by atoms with Crippen LogP contribution in [0.4, 0.5) is 10.7 Å². The van der Waals surface area contributed by atoms with Gasteiger partial charge in [0.15, 0.2) is 4.77 Å². The summed E-state index contributed by atoms with van der Waals surface area (Å²) in [6.07, 6.45) is 1.61. The molecule has 1 aliphatic rings. The van der Waals surface area contributed by atoms with Gasteiger partial charge in [0.05, 0.1) is 0 Å². The largest absolute Gasteiger partial charge is 0.444 e. The SMILES string of the molecule is CC(C)(C)OC(=O)Nc1n[nH]c(=S)n1C1CC1. The van der Waals surface area contributed by atoms with Crippen molar-refractivity contribution in [3.05, 3.63) is 4.77 Å². The molecule has 0 bridgehead atoms. The van der Waals surface area contributed by atoms with Crippen LogP contribution in [0.5, 0.6) is 0 Å². The zero-order valence-corrected chi connectivity index (χ0v) is 10.9. The van der Waals surface area contributed by atoms with E-state index in [1.54, 1.807) is 0 Å². The van der Waals surface area contributed by atoms with Crippen LogP contribution in [0.25, 0.3) is 0 Å². The first kappa shape index (κ1) is 12.1. The summed E-state index contributed by atoms with van der Waals surface area (Å²) in [7, 11) is 0. The number of H-pyrrole nitrogens is 1. The van der Waals surface area contributed by atoms with Crippen molar-refractivity contribution in [2.24, 2.45) is 0 Å². The van der Waals surface area contributed by atoms with Gasteiger partial charge in [-0.25, -0.2) is 9.89 Å². The van der Waals surface area contributed by atoms with Gasteiger partial charge in [0, 0.05) is 6.04 Å². The lowest BCUT2D eigenvalue weighted by Crippen LogP contribution is -2.28. The Morgan fingerprint density at radius 2 is 2.24 bits per heavy atom. The van der Waals surface area contributed by atoms with Gasteiger partial charge in [-0.05, 0) is 45.8 Å². The average Bonchev–Trinajstić information content (AvgIpc) is 2.90. The Hall–Kier alpha value is -1.37. The van der Waals surface area contributed by atoms with E-state index in [0.29, 0.717) is 16.8 Å². The van der Waals surface area contributed by atoms with Crippen molar-refractivity contribution >= 4 is 24.3 Å². The van der Waals surface area contributed by atoms with Gasteiger partial charge in [-0.1, -0.05) is 0 Å². The molecule has 0 spiro atoms. The van der Waals surface area contributed by atoms with Crippen LogP contribution in [-0.4, -0.2) is 26.5 Å². The number of nitrogens with one attached hydrogen (secondary N) is 2. The van der Waals surface area contributed by atoms with E-state index in [9.17, 15) is 4.79 Å². The first-order valence-corrected chi connectivity index (χ1v) is 5.94. The van der Waals surface area contributed by atoms with Gasteiger partial charge in [0.2, 0.25) is 5.95 Å². The lowest BCUT2D eigenvalue weighted by molar-refractivity contribution is 0.0634. The van der Waals surface area contributed by atoms with Gasteiger partial charge in [-0.2, -0.15) is 0 Å². The molecule has 2 rings (SSSR count). The van der Waals surface area contributed by atoms with Gasteiger partial charge in [-0.15, -0.1) is 5.10 Å². The molecule has 0 unspecified atom stereocenters. The quantitative estimate of drug-likeness (QED) is 0.798. The molecule has 0 aromatic carbocycles. The van der Waals surface area contributed by atoms with Crippen LogP contribution in [0.2, 0.25) is 0 Å². The van der Waals surface area contributed by atoms with E-state index < -0.39 is 11.7 Å². The predicted octanol–water partition coefficient (Wildman–Crippen LogP) is 2.62. The molecule has 1 saturated carbocycles. The van der Waals surface area contributed by atoms with Gasteiger partial charge >= 0.3 is 6.09 Å². The molecule has 0 radical (unpaired) electrons. The van der Waals surface area contributed by atoms with E-state index in [1.165, 1.54) is 0 Å². The summed E-state index contributed by atoms with van der Waals surface area (Å²) < 4.78 is 7.50. The second-order valence-corrected chi connectivity index (χ2v) is 5.47. The minimum absolute atomic E-state index is 0.353. The van der Waals surface area contributed by atoms with Crippen molar-refractivity contribution < 1.29 is 9.53 Å². The van der Waals surface area contributed by atoms with Crippen LogP contribution < -0.4 is 5.32 Å². The van der Waals surface area contributed by atoms with Crippen LogP contribution in [0.3, 0.4) is 0 Å². The summed E-state index contributed by atoms with van der Waals surface area (Å²) in [4.78, 5) is 11.6. The molecule has 1 heterocycles. The van der Waals surface area contributed by atoms with Crippen LogP contribution in [0, 0.1) is 4.77 Å². The molecular weight excluding hydrogens is 240 g/mol. The Kier molecular flexibility index (Phi) is 2.94. The maximum Gasteiger partial charge on any atom is 0.414 e. The highest BCUT2D eigenvalue weighted by molar-refractivity contribution is 7.71. The molecule has 0 saturated heterocycles. The summed E-state index contributed by atoms with van der Waals surface area (Å²) in [5.74, 6) is 0.423. The topological polar surface area (TPSA) is 71.9 Å². The lowest BCUT2D eigenvalue weighted by atomic mass is 10.2. The third-order valence-corrected chi connectivity index (χ3v) is 2.52. The van der Waals surface area contributed by atoms with Gasteiger partial charge in [0.25, 0.3) is 0 Å². The lowest BCUT2D eigenvalue weighted by Gasteiger charge is -2.19. The number of hydrogen-bond acceptors (Lipinski definition) is 4. The normalized spacial score (nSPS) is 15.7. The number of carbonyl (C=O) groups excluding carboxylic acids is 1. The summed E-state index contributed by atoms with van der Waals surface area (Å²) in [5.41, 5.74) is -0.526. The maximum absolute atomic E-state index is 11.6. The molecule has 2 N–H and O–H groups in total. The molecule has 1 aromatic heterocycles. The molecule has 1 amide bonds. The molecule has 6 nitrogen and oxygen atoms in total. The predicted molar refractivity (Wildman–Crippen MR) is 65.5 cm³/mol. The van der Waals surface area contributed by atoms with Crippen LogP contribution in [0.1, 0.15) is 39.7 Å². The fourth-order valence-corrected chi connectivity index (χ4v) is 1.74. The van der Waals surface area contributed by atoms with E-state index >= 15 is 0 Å². The third-order valence-electron chi connectivity index (χ3n) is 2.23. The Morgan fingerprint density at radius 1 is 1.59 bits per heavy atom. The van der Waals surface area contributed by atoms with Crippen LogP contribution in [0.15, 0.2) is 0 Å². The highest BCUT2D eigenvalue weighted by Gasteiger charge is 2.28. The summed E-state index contributed by atoms with van der Waals surface area (Å²) in [6.45, 7) is 5.43. The minimum atomic E-state index is -0.526. The zero-order chi connectivity index (χ0) is 12.6. The number of carbonyl (C=O) groups is 1.